The number of benzene rings is 2. The molecule has 0 N–H and O–H groups in total. The lowest BCUT2D eigenvalue weighted by Gasteiger charge is -2.14. The van der Waals surface area contributed by atoms with Gasteiger partial charge in [0.1, 0.15) is 5.75 Å². The van der Waals surface area contributed by atoms with Crippen LogP contribution in [0.2, 0.25) is 0 Å². The number of non-ortho nitro benzene ring substituents is 1. The van der Waals surface area contributed by atoms with Crippen molar-refractivity contribution in [3.63, 3.8) is 0 Å². The number of thiocarbonyl (C=S) groups is 1. The van der Waals surface area contributed by atoms with Crippen LogP contribution in [0.5, 0.6) is 5.75 Å². The summed E-state index contributed by atoms with van der Waals surface area (Å²) in [5.74, 6) is 0.350. The van der Waals surface area contributed by atoms with Gasteiger partial charge < -0.3 is 4.74 Å². The number of rotatable bonds is 6. The van der Waals surface area contributed by atoms with Gasteiger partial charge in [0.2, 0.25) is 0 Å². The molecular weight excluding hydrogens is 464 g/mol. The summed E-state index contributed by atoms with van der Waals surface area (Å²) in [6.45, 7) is 2.58. The number of nitro groups is 1. The van der Waals surface area contributed by atoms with Crippen LogP contribution in [0.1, 0.15) is 18.9 Å². The molecule has 0 saturated carbocycles. The fourth-order valence-electron chi connectivity index (χ4n) is 2.55. The third kappa shape index (κ3) is 4.43. The van der Waals surface area contributed by atoms with Crippen LogP contribution in [0, 0.1) is 10.1 Å². The molecule has 2 aromatic carbocycles. The number of amides is 1. The van der Waals surface area contributed by atoms with Crippen molar-refractivity contribution in [1.29, 1.82) is 0 Å². The number of hydrogen-bond acceptors (Lipinski definition) is 6. The van der Waals surface area contributed by atoms with Crippen molar-refractivity contribution in [3.8, 4) is 5.75 Å². The molecule has 1 heterocycles. The molecule has 0 radical (unpaired) electrons. The Hall–Kier alpha value is -2.23. The summed E-state index contributed by atoms with van der Waals surface area (Å²) < 4.78 is 6.94. The summed E-state index contributed by atoms with van der Waals surface area (Å²) in [7, 11) is 0. The van der Waals surface area contributed by atoms with E-state index in [0.717, 1.165) is 28.2 Å². The standard InChI is InChI=1S/C19H15BrN2O4S2/c1-2-8-26-16-7-6-13(20)9-12(16)10-17-18(23)21(19(27)28-17)14-4-3-5-15(11-14)22(24)25/h3-7,9-11H,2,8H2,1H3/b17-10-. The minimum atomic E-state index is -0.504. The molecule has 1 amide bonds. The first-order chi connectivity index (χ1) is 13.4. The Morgan fingerprint density at radius 1 is 1.32 bits per heavy atom. The van der Waals surface area contributed by atoms with Crippen molar-refractivity contribution < 1.29 is 14.5 Å². The Morgan fingerprint density at radius 2 is 2.11 bits per heavy atom. The number of carbonyl (C=O) groups excluding carboxylic acids is 1. The van der Waals surface area contributed by atoms with E-state index in [4.69, 9.17) is 17.0 Å². The third-order valence-corrected chi connectivity index (χ3v) is 5.61. The van der Waals surface area contributed by atoms with E-state index in [1.807, 2.05) is 25.1 Å². The number of hydrogen-bond donors (Lipinski definition) is 0. The number of ether oxygens (including phenoxy) is 1. The monoisotopic (exact) mass is 478 g/mol. The zero-order valence-corrected chi connectivity index (χ0v) is 18.0. The van der Waals surface area contributed by atoms with Crippen molar-refractivity contribution in [3.05, 3.63) is 67.5 Å². The molecule has 1 saturated heterocycles. The van der Waals surface area contributed by atoms with Gasteiger partial charge in [-0.25, -0.2) is 0 Å². The lowest BCUT2D eigenvalue weighted by Crippen LogP contribution is -2.27. The van der Waals surface area contributed by atoms with Crippen molar-refractivity contribution in [2.24, 2.45) is 0 Å². The lowest BCUT2D eigenvalue weighted by atomic mass is 10.1. The molecule has 1 aliphatic rings. The first-order valence-electron chi connectivity index (χ1n) is 8.35. The molecule has 3 rings (SSSR count). The molecule has 144 valence electrons. The van der Waals surface area contributed by atoms with Crippen LogP contribution in [0.4, 0.5) is 11.4 Å². The minimum Gasteiger partial charge on any atom is -0.493 e. The highest BCUT2D eigenvalue weighted by molar-refractivity contribution is 9.10. The van der Waals surface area contributed by atoms with E-state index in [0.29, 0.717) is 27.3 Å². The van der Waals surface area contributed by atoms with Gasteiger partial charge in [-0.1, -0.05) is 52.9 Å². The topological polar surface area (TPSA) is 72.7 Å². The van der Waals surface area contributed by atoms with Gasteiger partial charge in [0, 0.05) is 22.2 Å². The number of nitro benzene ring substituents is 1. The highest BCUT2D eigenvalue weighted by atomic mass is 79.9. The largest absolute Gasteiger partial charge is 0.493 e. The fourth-order valence-corrected chi connectivity index (χ4v) is 4.22. The molecule has 0 atom stereocenters. The summed E-state index contributed by atoms with van der Waals surface area (Å²) in [6.07, 6.45) is 2.59. The maximum Gasteiger partial charge on any atom is 0.271 e. The number of halogens is 1. The Labute approximate surface area is 179 Å². The van der Waals surface area contributed by atoms with Crippen molar-refractivity contribution >= 4 is 67.6 Å². The van der Waals surface area contributed by atoms with Crippen LogP contribution in [0.3, 0.4) is 0 Å². The molecule has 2 aromatic rings. The maximum atomic E-state index is 12.9. The molecule has 0 unspecified atom stereocenters. The maximum absolute atomic E-state index is 12.9. The smallest absolute Gasteiger partial charge is 0.271 e. The lowest BCUT2D eigenvalue weighted by molar-refractivity contribution is -0.384. The van der Waals surface area contributed by atoms with E-state index in [2.05, 4.69) is 15.9 Å². The summed E-state index contributed by atoms with van der Waals surface area (Å²) >= 11 is 9.93. The van der Waals surface area contributed by atoms with Gasteiger partial charge in [0.05, 0.1) is 22.1 Å². The molecule has 0 bridgehead atoms. The highest BCUT2D eigenvalue weighted by Gasteiger charge is 2.34. The van der Waals surface area contributed by atoms with Gasteiger partial charge in [-0.3, -0.25) is 19.8 Å². The van der Waals surface area contributed by atoms with Gasteiger partial charge >= 0.3 is 0 Å². The van der Waals surface area contributed by atoms with E-state index in [-0.39, 0.29) is 11.6 Å². The second-order valence-corrected chi connectivity index (χ2v) is 8.42. The number of thioether (sulfide) groups is 1. The number of nitrogens with zero attached hydrogens (tertiary/aromatic N) is 2. The Balaban J connectivity index is 1.95. The minimum absolute atomic E-state index is 0.0993. The molecule has 1 fully saturated rings. The summed E-state index contributed by atoms with van der Waals surface area (Å²) in [4.78, 5) is 25.2. The normalized spacial score (nSPS) is 15.4. The van der Waals surface area contributed by atoms with Crippen LogP contribution < -0.4 is 9.64 Å². The average Bonchev–Trinajstić information content (AvgIpc) is 2.94. The van der Waals surface area contributed by atoms with Gasteiger partial charge in [-0.05, 0) is 36.8 Å². The average molecular weight is 479 g/mol. The van der Waals surface area contributed by atoms with Crippen LogP contribution >= 0.6 is 39.9 Å². The number of carbonyl (C=O) groups is 1. The van der Waals surface area contributed by atoms with E-state index in [9.17, 15) is 14.9 Å². The van der Waals surface area contributed by atoms with E-state index < -0.39 is 4.92 Å². The summed E-state index contributed by atoms with van der Waals surface area (Å²) in [5.41, 5.74) is 1.02. The van der Waals surface area contributed by atoms with E-state index in [1.54, 1.807) is 12.1 Å². The molecular formula is C19H15BrN2O4S2. The van der Waals surface area contributed by atoms with Crippen molar-refractivity contribution in [2.45, 2.75) is 13.3 Å². The fraction of sp³-hybridized carbons (Fsp3) is 0.158. The highest BCUT2D eigenvalue weighted by Crippen LogP contribution is 2.38. The third-order valence-electron chi connectivity index (χ3n) is 3.81. The van der Waals surface area contributed by atoms with Gasteiger partial charge in [0.25, 0.3) is 11.6 Å². The Morgan fingerprint density at radius 3 is 2.82 bits per heavy atom. The first-order valence-corrected chi connectivity index (χ1v) is 10.4. The molecule has 1 aliphatic heterocycles. The van der Waals surface area contributed by atoms with Crippen LogP contribution in [0.15, 0.2) is 51.8 Å². The van der Waals surface area contributed by atoms with E-state index in [1.165, 1.54) is 23.1 Å². The molecule has 0 aliphatic carbocycles. The molecule has 6 nitrogen and oxygen atoms in total. The summed E-state index contributed by atoms with van der Waals surface area (Å²) in [6, 6.07) is 11.4. The SMILES string of the molecule is CCCOc1ccc(Br)cc1/C=C1\SC(=S)N(c2cccc([N+](=O)[O-])c2)C1=O. The quantitative estimate of drug-likeness (QED) is 0.234. The zero-order valence-electron chi connectivity index (χ0n) is 14.8. The first kappa shape index (κ1) is 20.5. The Kier molecular flexibility index (Phi) is 6.48. The van der Waals surface area contributed by atoms with Gasteiger partial charge in [-0.2, -0.15) is 0 Å². The van der Waals surface area contributed by atoms with Crippen LogP contribution in [0.25, 0.3) is 6.08 Å². The van der Waals surface area contributed by atoms with Crippen LogP contribution in [-0.4, -0.2) is 21.8 Å². The number of anilines is 1. The summed E-state index contributed by atoms with van der Waals surface area (Å²) in [5, 5.41) is 11.0. The molecule has 28 heavy (non-hydrogen) atoms. The van der Waals surface area contributed by atoms with Crippen molar-refractivity contribution in [2.75, 3.05) is 11.5 Å². The zero-order chi connectivity index (χ0) is 20.3. The van der Waals surface area contributed by atoms with E-state index >= 15 is 0 Å². The Bertz CT molecular complexity index is 994. The second-order valence-electron chi connectivity index (χ2n) is 5.82. The molecule has 0 spiro atoms. The van der Waals surface area contributed by atoms with Crippen molar-refractivity contribution in [1.82, 2.24) is 0 Å². The predicted octanol–water partition coefficient (Wildman–Crippen LogP) is 5.55. The second kappa shape index (κ2) is 8.85. The van der Waals surface area contributed by atoms with Gasteiger partial charge in [-0.15, -0.1) is 0 Å². The molecule has 9 heteroatoms. The molecule has 0 aromatic heterocycles. The predicted molar refractivity (Wildman–Crippen MR) is 119 cm³/mol. The van der Waals surface area contributed by atoms with Crippen LogP contribution in [-0.2, 0) is 4.79 Å². The van der Waals surface area contributed by atoms with Gasteiger partial charge in [0.15, 0.2) is 4.32 Å².